The van der Waals surface area contributed by atoms with Gasteiger partial charge in [0.2, 0.25) is 0 Å². The van der Waals surface area contributed by atoms with E-state index in [1.54, 1.807) is 30.7 Å². The van der Waals surface area contributed by atoms with E-state index in [1.165, 1.54) is 0 Å². The molecule has 0 fully saturated rings. The molecule has 0 aliphatic heterocycles. The van der Waals surface area contributed by atoms with Gasteiger partial charge in [-0.25, -0.2) is 0 Å². The zero-order valence-corrected chi connectivity index (χ0v) is 15.6. The lowest BCUT2D eigenvalue weighted by Crippen LogP contribution is -1.97. The van der Waals surface area contributed by atoms with E-state index in [-0.39, 0.29) is 0 Å². The summed E-state index contributed by atoms with van der Waals surface area (Å²) in [6, 6.07) is 19.1. The highest BCUT2D eigenvalue weighted by Gasteiger charge is 2.10. The van der Waals surface area contributed by atoms with Crippen LogP contribution < -0.4 is 10.1 Å². The van der Waals surface area contributed by atoms with Crippen LogP contribution in [-0.4, -0.2) is 9.97 Å². The number of halogens is 1. The maximum atomic E-state index is 9.47. The van der Waals surface area contributed by atoms with Gasteiger partial charge in [0.25, 0.3) is 0 Å². The molecule has 0 saturated carbocycles. The Bertz CT molecular complexity index is 1140. The number of hydrogen-bond acceptors (Lipinski definition) is 5. The van der Waals surface area contributed by atoms with E-state index < -0.39 is 0 Å². The Morgan fingerprint density at radius 2 is 1.70 bits per heavy atom. The van der Waals surface area contributed by atoms with Crippen LogP contribution in [-0.2, 0) is 0 Å². The van der Waals surface area contributed by atoms with Gasteiger partial charge in [0.1, 0.15) is 17.6 Å². The zero-order chi connectivity index (χ0) is 18.6. The number of pyridine rings is 2. The second kappa shape index (κ2) is 7.44. The summed E-state index contributed by atoms with van der Waals surface area (Å²) in [7, 11) is 0. The number of ether oxygens (including phenoxy) is 1. The van der Waals surface area contributed by atoms with Gasteiger partial charge in [-0.2, -0.15) is 5.26 Å². The summed E-state index contributed by atoms with van der Waals surface area (Å²) in [5.41, 5.74) is 2.88. The van der Waals surface area contributed by atoms with Crippen molar-refractivity contribution in [2.75, 3.05) is 5.32 Å². The fraction of sp³-hybridized carbons (Fsp3) is 0. The Morgan fingerprint density at radius 3 is 2.44 bits per heavy atom. The van der Waals surface area contributed by atoms with Crippen molar-refractivity contribution in [2.45, 2.75) is 0 Å². The molecule has 0 aliphatic carbocycles. The number of nitrogens with one attached hydrogen (secondary N) is 1. The minimum absolute atomic E-state index is 0.484. The molecule has 2 aromatic carbocycles. The third-order valence-electron chi connectivity index (χ3n) is 3.96. The monoisotopic (exact) mass is 416 g/mol. The van der Waals surface area contributed by atoms with Gasteiger partial charge in [-0.05, 0) is 54.6 Å². The Hall–Kier alpha value is -3.43. The van der Waals surface area contributed by atoms with Crippen molar-refractivity contribution in [1.29, 1.82) is 5.26 Å². The average Bonchev–Trinajstić information content (AvgIpc) is 2.70. The van der Waals surface area contributed by atoms with Gasteiger partial charge < -0.3 is 10.1 Å². The summed E-state index contributed by atoms with van der Waals surface area (Å²) in [5, 5.41) is 13.7. The Kier molecular flexibility index (Phi) is 4.69. The minimum Gasteiger partial charge on any atom is -0.457 e. The quantitative estimate of drug-likeness (QED) is 0.455. The van der Waals surface area contributed by atoms with E-state index in [1.807, 2.05) is 42.5 Å². The van der Waals surface area contributed by atoms with Crippen LogP contribution in [0.2, 0.25) is 0 Å². The number of fused-ring (bicyclic) bond motifs is 1. The minimum atomic E-state index is 0.484. The molecule has 130 valence electrons. The molecule has 0 atom stereocenters. The maximum absolute atomic E-state index is 9.47. The molecule has 0 saturated heterocycles. The van der Waals surface area contributed by atoms with Gasteiger partial charge in [0.05, 0.1) is 16.8 Å². The number of anilines is 2. The molecule has 5 nitrogen and oxygen atoms in total. The summed E-state index contributed by atoms with van der Waals surface area (Å²) < 4.78 is 6.70. The third kappa shape index (κ3) is 3.73. The highest BCUT2D eigenvalue weighted by molar-refractivity contribution is 9.10. The predicted octanol–water partition coefficient (Wildman–Crippen LogP) is 5.80. The zero-order valence-electron chi connectivity index (χ0n) is 14.1. The molecule has 0 unspecified atom stereocenters. The average molecular weight is 417 g/mol. The SMILES string of the molecule is N#Cc1cnc2ccc(Br)cc2c1Nc1ccc(Oc2ccncc2)cc1. The summed E-state index contributed by atoms with van der Waals surface area (Å²) in [6.07, 6.45) is 4.95. The van der Waals surface area contributed by atoms with Crippen molar-refractivity contribution < 1.29 is 4.74 Å². The summed E-state index contributed by atoms with van der Waals surface area (Å²) in [5.74, 6) is 1.44. The number of nitriles is 1. The molecule has 2 heterocycles. The fourth-order valence-electron chi connectivity index (χ4n) is 2.68. The van der Waals surface area contributed by atoms with Crippen molar-refractivity contribution in [1.82, 2.24) is 9.97 Å². The first kappa shape index (κ1) is 17.0. The molecule has 0 amide bonds. The van der Waals surface area contributed by atoms with E-state index in [0.717, 1.165) is 38.2 Å². The normalized spacial score (nSPS) is 10.4. The summed E-state index contributed by atoms with van der Waals surface area (Å²) in [6.45, 7) is 0. The first-order chi connectivity index (χ1) is 13.2. The second-order valence-corrected chi connectivity index (χ2v) is 6.67. The molecule has 0 bridgehead atoms. The fourth-order valence-corrected chi connectivity index (χ4v) is 3.04. The molecule has 4 aromatic rings. The lowest BCUT2D eigenvalue weighted by atomic mass is 10.1. The van der Waals surface area contributed by atoms with Crippen molar-refractivity contribution >= 4 is 38.2 Å². The summed E-state index contributed by atoms with van der Waals surface area (Å²) >= 11 is 3.48. The molecular weight excluding hydrogens is 404 g/mol. The molecule has 27 heavy (non-hydrogen) atoms. The lowest BCUT2D eigenvalue weighted by molar-refractivity contribution is 0.482. The van der Waals surface area contributed by atoms with Gasteiger partial charge >= 0.3 is 0 Å². The van der Waals surface area contributed by atoms with Crippen LogP contribution in [0.15, 0.2) is 77.7 Å². The van der Waals surface area contributed by atoms with Crippen LogP contribution in [0.5, 0.6) is 11.5 Å². The second-order valence-electron chi connectivity index (χ2n) is 5.75. The molecule has 0 spiro atoms. The Morgan fingerprint density at radius 1 is 0.963 bits per heavy atom. The van der Waals surface area contributed by atoms with Crippen LogP contribution in [0.1, 0.15) is 5.56 Å². The van der Waals surface area contributed by atoms with Crippen molar-refractivity contribution in [3.8, 4) is 17.6 Å². The molecule has 0 radical (unpaired) electrons. The van der Waals surface area contributed by atoms with Crippen LogP contribution >= 0.6 is 15.9 Å². The number of hydrogen-bond donors (Lipinski definition) is 1. The first-order valence-corrected chi connectivity index (χ1v) is 8.95. The number of aromatic nitrogens is 2. The van der Waals surface area contributed by atoms with Crippen LogP contribution in [0.3, 0.4) is 0 Å². The number of benzene rings is 2. The Labute approximate surface area is 164 Å². The van der Waals surface area contributed by atoms with Crippen molar-refractivity contribution in [2.24, 2.45) is 0 Å². The smallest absolute Gasteiger partial charge is 0.130 e. The first-order valence-electron chi connectivity index (χ1n) is 8.16. The van der Waals surface area contributed by atoms with Gasteiger partial charge in [-0.3, -0.25) is 9.97 Å². The van der Waals surface area contributed by atoms with E-state index >= 15 is 0 Å². The number of nitrogens with zero attached hydrogens (tertiary/aromatic N) is 3. The van der Waals surface area contributed by atoms with E-state index in [9.17, 15) is 5.26 Å². The number of rotatable bonds is 4. The van der Waals surface area contributed by atoms with E-state index in [2.05, 4.69) is 37.3 Å². The lowest BCUT2D eigenvalue weighted by Gasteiger charge is -2.12. The predicted molar refractivity (Wildman–Crippen MR) is 108 cm³/mol. The van der Waals surface area contributed by atoms with Crippen molar-refractivity contribution in [3.63, 3.8) is 0 Å². The molecule has 6 heteroatoms. The Balaban J connectivity index is 1.64. The van der Waals surface area contributed by atoms with Crippen LogP contribution in [0, 0.1) is 11.3 Å². The highest BCUT2D eigenvalue weighted by atomic mass is 79.9. The molecular formula is C21H13BrN4O. The van der Waals surface area contributed by atoms with Gasteiger partial charge in [-0.1, -0.05) is 15.9 Å². The maximum Gasteiger partial charge on any atom is 0.130 e. The molecule has 2 aromatic heterocycles. The summed E-state index contributed by atoms with van der Waals surface area (Å²) in [4.78, 5) is 8.32. The standard InChI is InChI=1S/C21H13BrN4O/c22-15-1-6-20-19(11-15)21(14(12-23)13-25-20)26-16-2-4-17(5-3-16)27-18-7-9-24-10-8-18/h1-11,13H,(H,25,26). The van der Waals surface area contributed by atoms with Crippen LogP contribution in [0.4, 0.5) is 11.4 Å². The van der Waals surface area contributed by atoms with Crippen LogP contribution in [0.25, 0.3) is 10.9 Å². The van der Waals surface area contributed by atoms with Gasteiger partial charge in [-0.15, -0.1) is 0 Å². The topological polar surface area (TPSA) is 70.8 Å². The largest absolute Gasteiger partial charge is 0.457 e. The molecule has 1 N–H and O–H groups in total. The molecule has 0 aliphatic rings. The van der Waals surface area contributed by atoms with Gasteiger partial charge in [0.15, 0.2) is 0 Å². The van der Waals surface area contributed by atoms with E-state index in [4.69, 9.17) is 4.74 Å². The van der Waals surface area contributed by atoms with Crippen molar-refractivity contribution in [3.05, 3.63) is 83.2 Å². The highest BCUT2D eigenvalue weighted by Crippen LogP contribution is 2.31. The third-order valence-corrected chi connectivity index (χ3v) is 4.45. The van der Waals surface area contributed by atoms with E-state index in [0.29, 0.717) is 5.56 Å². The van der Waals surface area contributed by atoms with Gasteiger partial charge in [0, 0.05) is 34.1 Å². The molecule has 4 rings (SSSR count).